The van der Waals surface area contributed by atoms with E-state index in [4.69, 9.17) is 0 Å². The Bertz CT molecular complexity index is 459. The monoisotopic (exact) mass is 272 g/mol. The van der Waals surface area contributed by atoms with Gasteiger partial charge in [-0.2, -0.15) is 0 Å². The summed E-state index contributed by atoms with van der Waals surface area (Å²) in [5.41, 5.74) is 1.98. The fraction of sp³-hybridized carbons (Fsp3) is 0.556. The number of hydrogen-bond acceptors (Lipinski definition) is 2. The van der Waals surface area contributed by atoms with Gasteiger partial charge in [0.05, 0.1) is 5.92 Å². The summed E-state index contributed by atoms with van der Waals surface area (Å²) in [5, 5.41) is 0. The first-order chi connectivity index (χ1) is 9.72. The Hall–Kier alpha value is -1.44. The molecule has 1 aliphatic carbocycles. The zero-order valence-electron chi connectivity index (χ0n) is 12.4. The van der Waals surface area contributed by atoms with Crippen molar-refractivity contribution < 1.29 is 9.59 Å². The molecule has 2 rings (SSSR count). The first-order valence-corrected chi connectivity index (χ1v) is 7.88. The van der Waals surface area contributed by atoms with Crippen molar-refractivity contribution in [2.45, 2.75) is 58.3 Å². The number of rotatable bonds is 7. The van der Waals surface area contributed by atoms with Crippen molar-refractivity contribution in [1.29, 1.82) is 0 Å². The topological polar surface area (TPSA) is 34.1 Å². The van der Waals surface area contributed by atoms with Crippen molar-refractivity contribution in [2.75, 3.05) is 0 Å². The number of carbonyl (C=O) groups excluding carboxylic acids is 2. The number of Topliss-reactive ketones (excluding diaryl/α,β-unsaturated/α-hetero) is 2. The summed E-state index contributed by atoms with van der Waals surface area (Å²) in [6.07, 6.45) is 8.28. The average Bonchev–Trinajstić information content (AvgIpc) is 2.90. The Morgan fingerprint density at radius 2 is 1.90 bits per heavy atom. The zero-order chi connectivity index (χ0) is 14.4. The molecule has 0 amide bonds. The maximum absolute atomic E-state index is 12.2. The molecule has 1 atom stereocenters. The molecule has 108 valence electrons. The van der Waals surface area contributed by atoms with Crippen LogP contribution in [0.15, 0.2) is 24.3 Å². The Morgan fingerprint density at radius 1 is 1.15 bits per heavy atom. The third-order valence-electron chi connectivity index (χ3n) is 4.18. The zero-order valence-corrected chi connectivity index (χ0v) is 12.4. The van der Waals surface area contributed by atoms with Gasteiger partial charge in [0.1, 0.15) is 5.78 Å². The summed E-state index contributed by atoms with van der Waals surface area (Å²) in [6.45, 7) is 2.21. The molecular weight excluding hydrogens is 248 g/mol. The molecule has 1 fully saturated rings. The van der Waals surface area contributed by atoms with Gasteiger partial charge < -0.3 is 0 Å². The van der Waals surface area contributed by atoms with Crippen LogP contribution < -0.4 is 0 Å². The normalized spacial score (nSPS) is 18.4. The summed E-state index contributed by atoms with van der Waals surface area (Å²) in [5.74, 6) is -0.228. The molecule has 1 aliphatic rings. The van der Waals surface area contributed by atoms with Gasteiger partial charge in [0.2, 0.25) is 0 Å². The number of carbonyl (C=O) groups is 2. The molecule has 0 N–H and O–H groups in total. The quantitative estimate of drug-likeness (QED) is 0.420. The van der Waals surface area contributed by atoms with Crippen molar-refractivity contribution in [3.05, 3.63) is 35.4 Å². The Balaban J connectivity index is 1.90. The molecule has 1 saturated carbocycles. The van der Waals surface area contributed by atoms with Crippen molar-refractivity contribution in [3.8, 4) is 0 Å². The molecule has 1 aromatic carbocycles. The molecule has 20 heavy (non-hydrogen) atoms. The van der Waals surface area contributed by atoms with Crippen molar-refractivity contribution in [2.24, 2.45) is 5.92 Å². The Kier molecular flexibility index (Phi) is 5.51. The standard InChI is InChI=1S/C18H24O2/c1-2-3-4-5-7-14-10-12-15(13-11-14)18(20)16-8-6-9-17(16)19/h10-13,16H,2-9H2,1H3. The van der Waals surface area contributed by atoms with Gasteiger partial charge in [0.15, 0.2) is 5.78 Å². The van der Waals surface area contributed by atoms with Crippen LogP contribution in [0, 0.1) is 5.92 Å². The van der Waals surface area contributed by atoms with Gasteiger partial charge in [-0.15, -0.1) is 0 Å². The van der Waals surface area contributed by atoms with E-state index < -0.39 is 0 Å². The van der Waals surface area contributed by atoms with E-state index in [9.17, 15) is 9.59 Å². The van der Waals surface area contributed by atoms with E-state index >= 15 is 0 Å². The summed E-state index contributed by atoms with van der Waals surface area (Å²) in [6, 6.07) is 7.86. The van der Waals surface area contributed by atoms with Crippen LogP contribution in [0.3, 0.4) is 0 Å². The van der Waals surface area contributed by atoms with Gasteiger partial charge in [-0.25, -0.2) is 0 Å². The van der Waals surface area contributed by atoms with E-state index in [0.717, 1.165) is 19.3 Å². The molecule has 2 heteroatoms. The van der Waals surface area contributed by atoms with Crippen LogP contribution in [0.2, 0.25) is 0 Å². The third kappa shape index (κ3) is 3.78. The van der Waals surface area contributed by atoms with Crippen molar-refractivity contribution in [1.82, 2.24) is 0 Å². The van der Waals surface area contributed by atoms with E-state index in [1.54, 1.807) is 0 Å². The minimum absolute atomic E-state index is 0.0185. The number of ketones is 2. The number of unbranched alkanes of at least 4 members (excludes halogenated alkanes) is 3. The molecule has 0 aliphatic heterocycles. The van der Waals surface area contributed by atoms with Crippen LogP contribution in [0.5, 0.6) is 0 Å². The van der Waals surface area contributed by atoms with Crippen LogP contribution in [-0.2, 0) is 11.2 Å². The second-order valence-corrected chi connectivity index (χ2v) is 5.78. The summed E-state index contributed by atoms with van der Waals surface area (Å²) in [4.78, 5) is 23.9. The number of benzene rings is 1. The highest BCUT2D eigenvalue weighted by Gasteiger charge is 2.31. The molecule has 1 unspecified atom stereocenters. The SMILES string of the molecule is CCCCCCc1ccc(C(=O)C2CCCC2=O)cc1. The van der Waals surface area contributed by atoms with Crippen LogP contribution in [0.4, 0.5) is 0 Å². The molecule has 0 aromatic heterocycles. The van der Waals surface area contributed by atoms with E-state index in [2.05, 4.69) is 6.92 Å². The second kappa shape index (κ2) is 7.37. The summed E-state index contributed by atoms with van der Waals surface area (Å²) < 4.78 is 0. The number of aryl methyl sites for hydroxylation is 1. The molecule has 0 heterocycles. The predicted molar refractivity (Wildman–Crippen MR) is 81.0 cm³/mol. The fourth-order valence-corrected chi connectivity index (χ4v) is 2.89. The van der Waals surface area contributed by atoms with E-state index in [1.807, 2.05) is 24.3 Å². The van der Waals surface area contributed by atoms with Gasteiger partial charge in [-0.3, -0.25) is 9.59 Å². The maximum Gasteiger partial charge on any atom is 0.173 e. The van der Waals surface area contributed by atoms with Gasteiger partial charge >= 0.3 is 0 Å². The molecule has 1 aromatic rings. The highest BCUT2D eigenvalue weighted by atomic mass is 16.2. The Morgan fingerprint density at radius 3 is 2.50 bits per heavy atom. The highest BCUT2D eigenvalue weighted by Crippen LogP contribution is 2.25. The number of hydrogen-bond donors (Lipinski definition) is 0. The second-order valence-electron chi connectivity index (χ2n) is 5.78. The largest absolute Gasteiger partial charge is 0.299 e. The smallest absolute Gasteiger partial charge is 0.173 e. The van der Waals surface area contributed by atoms with Crippen molar-refractivity contribution in [3.63, 3.8) is 0 Å². The van der Waals surface area contributed by atoms with Crippen LogP contribution in [0.25, 0.3) is 0 Å². The first-order valence-electron chi connectivity index (χ1n) is 7.88. The van der Waals surface area contributed by atoms with Crippen molar-refractivity contribution >= 4 is 11.6 Å². The molecule has 0 bridgehead atoms. The van der Waals surface area contributed by atoms with Gasteiger partial charge in [0, 0.05) is 12.0 Å². The molecular formula is C18H24O2. The third-order valence-corrected chi connectivity index (χ3v) is 4.18. The Labute approximate surface area is 121 Å². The van der Waals surface area contributed by atoms with E-state index in [1.165, 1.54) is 31.2 Å². The molecule has 0 saturated heterocycles. The van der Waals surface area contributed by atoms with Crippen LogP contribution >= 0.6 is 0 Å². The highest BCUT2D eigenvalue weighted by molar-refractivity contribution is 6.11. The lowest BCUT2D eigenvalue weighted by Crippen LogP contribution is -2.18. The van der Waals surface area contributed by atoms with Gasteiger partial charge in [0.25, 0.3) is 0 Å². The molecule has 2 nitrogen and oxygen atoms in total. The predicted octanol–water partition coefficient (Wildman–Crippen LogP) is 4.36. The van der Waals surface area contributed by atoms with Gasteiger partial charge in [-0.05, 0) is 31.2 Å². The summed E-state index contributed by atoms with van der Waals surface area (Å²) in [7, 11) is 0. The minimum atomic E-state index is -0.370. The lowest BCUT2D eigenvalue weighted by molar-refractivity contribution is -0.119. The molecule has 0 spiro atoms. The maximum atomic E-state index is 12.2. The average molecular weight is 272 g/mol. The molecule has 0 radical (unpaired) electrons. The minimum Gasteiger partial charge on any atom is -0.299 e. The summed E-state index contributed by atoms with van der Waals surface area (Å²) >= 11 is 0. The fourth-order valence-electron chi connectivity index (χ4n) is 2.89. The lowest BCUT2D eigenvalue weighted by atomic mass is 9.94. The van der Waals surface area contributed by atoms with E-state index in [0.29, 0.717) is 12.0 Å². The van der Waals surface area contributed by atoms with Crippen LogP contribution in [-0.4, -0.2) is 11.6 Å². The lowest BCUT2D eigenvalue weighted by Gasteiger charge is -2.08. The van der Waals surface area contributed by atoms with Gasteiger partial charge in [-0.1, -0.05) is 50.5 Å². The van der Waals surface area contributed by atoms with Crippen LogP contribution in [0.1, 0.15) is 67.8 Å². The first kappa shape index (κ1) is 15.0. The van der Waals surface area contributed by atoms with E-state index in [-0.39, 0.29) is 17.5 Å².